The first kappa shape index (κ1) is 9.71. The zero-order valence-corrected chi connectivity index (χ0v) is 8.64. The van der Waals surface area contributed by atoms with Crippen LogP contribution in [0.2, 0.25) is 0 Å². The molecule has 0 fully saturated rings. The number of carboxylic acid groups (broad SMARTS) is 1. The number of aromatic nitrogens is 2. The lowest BCUT2D eigenvalue weighted by molar-refractivity contribution is -0.138. The van der Waals surface area contributed by atoms with Crippen molar-refractivity contribution < 1.29 is 9.90 Å². The maximum absolute atomic E-state index is 10.8. The topological polar surface area (TPSA) is 55.1 Å². The van der Waals surface area contributed by atoms with Crippen molar-refractivity contribution in [3.63, 3.8) is 0 Å². The Hall–Kier alpha value is -1.84. The maximum Gasteiger partial charge on any atom is 0.310 e. The summed E-state index contributed by atoms with van der Waals surface area (Å²) in [5.74, 6) is -1.30. The lowest BCUT2D eigenvalue weighted by Crippen LogP contribution is -2.07. The quantitative estimate of drug-likeness (QED) is 0.810. The van der Waals surface area contributed by atoms with Gasteiger partial charge in [-0.25, -0.2) is 4.98 Å². The largest absolute Gasteiger partial charge is 0.481 e. The lowest BCUT2D eigenvalue weighted by Gasteiger charge is -2.06. The molecule has 0 aliphatic carbocycles. The number of rotatable bonds is 2. The van der Waals surface area contributed by atoms with Gasteiger partial charge in [-0.2, -0.15) is 0 Å². The van der Waals surface area contributed by atoms with Crippen LogP contribution in [0.5, 0.6) is 0 Å². The molecule has 0 saturated heterocycles. The van der Waals surface area contributed by atoms with Crippen molar-refractivity contribution in [2.24, 2.45) is 7.05 Å². The van der Waals surface area contributed by atoms with Crippen LogP contribution in [0.3, 0.4) is 0 Å². The third-order valence-corrected chi connectivity index (χ3v) is 2.62. The Morgan fingerprint density at radius 3 is 2.93 bits per heavy atom. The Bertz CT molecular complexity index is 516. The van der Waals surface area contributed by atoms with Crippen molar-refractivity contribution in [2.75, 3.05) is 0 Å². The summed E-state index contributed by atoms with van der Waals surface area (Å²) >= 11 is 0. The fraction of sp³-hybridized carbons (Fsp3) is 0.273. The van der Waals surface area contributed by atoms with Crippen LogP contribution in [-0.2, 0) is 11.8 Å². The molecule has 4 heteroatoms. The van der Waals surface area contributed by atoms with Gasteiger partial charge >= 0.3 is 5.97 Å². The average molecular weight is 204 g/mol. The van der Waals surface area contributed by atoms with Crippen LogP contribution in [-0.4, -0.2) is 20.6 Å². The van der Waals surface area contributed by atoms with E-state index in [9.17, 15) is 4.79 Å². The van der Waals surface area contributed by atoms with Crippen molar-refractivity contribution in [3.8, 4) is 0 Å². The number of hydrogen-bond acceptors (Lipinski definition) is 2. The third-order valence-electron chi connectivity index (χ3n) is 2.62. The monoisotopic (exact) mass is 204 g/mol. The van der Waals surface area contributed by atoms with Crippen LogP contribution < -0.4 is 0 Å². The van der Waals surface area contributed by atoms with E-state index in [-0.39, 0.29) is 0 Å². The van der Waals surface area contributed by atoms with Crippen LogP contribution in [0.4, 0.5) is 0 Å². The molecule has 1 aromatic carbocycles. The molecule has 1 heterocycles. The van der Waals surface area contributed by atoms with Gasteiger partial charge in [-0.15, -0.1) is 0 Å². The molecule has 1 N–H and O–H groups in total. The number of carboxylic acids is 1. The van der Waals surface area contributed by atoms with Crippen molar-refractivity contribution in [1.82, 2.24) is 9.55 Å². The molecule has 1 unspecified atom stereocenters. The standard InChI is InChI=1S/C11H12N2O2/c1-7(11(14)15)8-3-4-10-9(5-8)12-6-13(10)2/h3-7H,1-2H3,(H,14,15). The summed E-state index contributed by atoms with van der Waals surface area (Å²) in [6, 6.07) is 5.56. The van der Waals surface area contributed by atoms with Crippen LogP contribution >= 0.6 is 0 Å². The molecular weight excluding hydrogens is 192 g/mol. The van der Waals surface area contributed by atoms with Crippen molar-refractivity contribution in [2.45, 2.75) is 12.8 Å². The lowest BCUT2D eigenvalue weighted by atomic mass is 10.0. The summed E-state index contributed by atoms with van der Waals surface area (Å²) in [6.45, 7) is 1.67. The highest BCUT2D eigenvalue weighted by atomic mass is 16.4. The smallest absolute Gasteiger partial charge is 0.310 e. The van der Waals surface area contributed by atoms with Gasteiger partial charge in [-0.3, -0.25) is 4.79 Å². The number of hydrogen-bond donors (Lipinski definition) is 1. The second-order valence-electron chi connectivity index (χ2n) is 3.66. The van der Waals surface area contributed by atoms with E-state index in [1.807, 2.05) is 29.8 Å². The number of benzene rings is 1. The highest BCUT2D eigenvalue weighted by molar-refractivity contribution is 5.80. The Balaban J connectivity index is 2.52. The maximum atomic E-state index is 10.8. The van der Waals surface area contributed by atoms with Crippen LogP contribution in [0, 0.1) is 0 Å². The average Bonchev–Trinajstić information content (AvgIpc) is 2.59. The van der Waals surface area contributed by atoms with Gasteiger partial charge in [0.15, 0.2) is 0 Å². The molecule has 0 aliphatic rings. The van der Waals surface area contributed by atoms with Gasteiger partial charge < -0.3 is 9.67 Å². The molecule has 1 atom stereocenters. The number of imidazole rings is 1. The minimum atomic E-state index is -0.815. The van der Waals surface area contributed by atoms with Crippen LogP contribution in [0.1, 0.15) is 18.4 Å². The minimum Gasteiger partial charge on any atom is -0.481 e. The fourth-order valence-electron chi connectivity index (χ4n) is 1.57. The summed E-state index contributed by atoms with van der Waals surface area (Å²) in [7, 11) is 1.91. The molecule has 4 nitrogen and oxygen atoms in total. The van der Waals surface area contributed by atoms with E-state index < -0.39 is 11.9 Å². The molecule has 78 valence electrons. The summed E-state index contributed by atoms with van der Waals surface area (Å²) in [5, 5.41) is 8.89. The van der Waals surface area contributed by atoms with Gasteiger partial charge in [0.25, 0.3) is 0 Å². The van der Waals surface area contributed by atoms with Gasteiger partial charge in [0, 0.05) is 7.05 Å². The molecule has 2 rings (SSSR count). The Morgan fingerprint density at radius 1 is 1.53 bits per heavy atom. The summed E-state index contributed by atoms with van der Waals surface area (Å²) in [6.07, 6.45) is 1.72. The first-order valence-corrected chi connectivity index (χ1v) is 4.73. The molecule has 0 aliphatic heterocycles. The Morgan fingerprint density at radius 2 is 2.27 bits per heavy atom. The number of aryl methyl sites for hydroxylation is 1. The molecule has 2 aromatic rings. The normalized spacial score (nSPS) is 12.9. The van der Waals surface area contributed by atoms with E-state index >= 15 is 0 Å². The Labute approximate surface area is 87.2 Å². The van der Waals surface area contributed by atoms with E-state index in [4.69, 9.17) is 5.11 Å². The van der Waals surface area contributed by atoms with Crippen LogP contribution in [0.15, 0.2) is 24.5 Å². The number of aliphatic carboxylic acids is 1. The predicted molar refractivity (Wildman–Crippen MR) is 56.8 cm³/mol. The highest BCUT2D eigenvalue weighted by Gasteiger charge is 2.14. The van der Waals surface area contributed by atoms with Gasteiger partial charge in [0.05, 0.1) is 23.3 Å². The van der Waals surface area contributed by atoms with E-state index in [1.165, 1.54) is 0 Å². The first-order chi connectivity index (χ1) is 7.09. The van der Waals surface area contributed by atoms with E-state index in [0.717, 1.165) is 16.6 Å². The molecule has 0 saturated carbocycles. The molecule has 0 radical (unpaired) electrons. The number of nitrogens with zero attached hydrogens (tertiary/aromatic N) is 2. The molecule has 1 aromatic heterocycles. The highest BCUT2D eigenvalue weighted by Crippen LogP contribution is 2.20. The molecule has 15 heavy (non-hydrogen) atoms. The van der Waals surface area contributed by atoms with Gasteiger partial charge in [-0.1, -0.05) is 6.07 Å². The van der Waals surface area contributed by atoms with Crippen molar-refractivity contribution >= 4 is 17.0 Å². The zero-order chi connectivity index (χ0) is 11.0. The summed E-state index contributed by atoms with van der Waals surface area (Å²) < 4.78 is 1.91. The molecule has 0 amide bonds. The third kappa shape index (κ3) is 1.58. The minimum absolute atomic E-state index is 0.489. The molecular formula is C11H12N2O2. The Kier molecular flexibility index (Phi) is 2.19. The zero-order valence-electron chi connectivity index (χ0n) is 8.64. The second-order valence-corrected chi connectivity index (χ2v) is 3.66. The van der Waals surface area contributed by atoms with Gasteiger partial charge in [0.2, 0.25) is 0 Å². The molecule has 0 bridgehead atoms. The van der Waals surface area contributed by atoms with Crippen molar-refractivity contribution in [3.05, 3.63) is 30.1 Å². The van der Waals surface area contributed by atoms with E-state index in [2.05, 4.69) is 4.98 Å². The first-order valence-electron chi connectivity index (χ1n) is 4.73. The van der Waals surface area contributed by atoms with Gasteiger partial charge in [-0.05, 0) is 24.6 Å². The number of carbonyl (C=O) groups is 1. The molecule has 0 spiro atoms. The summed E-state index contributed by atoms with van der Waals surface area (Å²) in [5.41, 5.74) is 2.63. The number of fused-ring (bicyclic) bond motifs is 1. The second kappa shape index (κ2) is 3.38. The van der Waals surface area contributed by atoms with E-state index in [1.54, 1.807) is 13.3 Å². The SMILES string of the molecule is CC(C(=O)O)c1ccc2c(c1)ncn2C. The van der Waals surface area contributed by atoms with Gasteiger partial charge in [0.1, 0.15) is 0 Å². The van der Waals surface area contributed by atoms with Crippen molar-refractivity contribution in [1.29, 1.82) is 0 Å². The summed E-state index contributed by atoms with van der Waals surface area (Å²) in [4.78, 5) is 15.0. The van der Waals surface area contributed by atoms with Crippen LogP contribution in [0.25, 0.3) is 11.0 Å². The van der Waals surface area contributed by atoms with E-state index in [0.29, 0.717) is 0 Å². The fourth-order valence-corrected chi connectivity index (χ4v) is 1.57. The predicted octanol–water partition coefficient (Wildman–Crippen LogP) is 1.76.